The zero-order chi connectivity index (χ0) is 24.3. The van der Waals surface area contributed by atoms with Crippen molar-refractivity contribution in [1.29, 1.82) is 0 Å². The molecule has 1 amide bonds. The molecule has 1 atom stereocenters. The lowest BCUT2D eigenvalue weighted by Crippen LogP contribution is -2.48. The maximum atomic E-state index is 13.1. The first kappa shape index (κ1) is 24.3. The fourth-order valence-electron chi connectivity index (χ4n) is 3.92. The Labute approximate surface area is 200 Å². The van der Waals surface area contributed by atoms with Crippen LogP contribution in [0.25, 0.3) is 0 Å². The molecule has 10 heteroatoms. The van der Waals surface area contributed by atoms with Gasteiger partial charge in [0, 0.05) is 38.8 Å². The van der Waals surface area contributed by atoms with Crippen molar-refractivity contribution in [2.45, 2.75) is 44.4 Å². The van der Waals surface area contributed by atoms with E-state index < -0.39 is 16.1 Å². The van der Waals surface area contributed by atoms with E-state index in [0.29, 0.717) is 31.9 Å². The third-order valence-electron chi connectivity index (χ3n) is 5.75. The summed E-state index contributed by atoms with van der Waals surface area (Å²) in [6.07, 6.45) is -0.678. The fourth-order valence-corrected chi connectivity index (χ4v) is 5.35. The largest absolute Gasteiger partial charge is 0.481 e. The molecule has 2 aromatic carbocycles. The molecule has 2 heterocycles. The number of rotatable bonds is 8. The first-order valence-corrected chi connectivity index (χ1v) is 12.8. The predicted octanol–water partition coefficient (Wildman–Crippen LogP) is 2.21. The highest BCUT2D eigenvalue weighted by atomic mass is 32.2. The van der Waals surface area contributed by atoms with Gasteiger partial charge in [-0.15, -0.1) is 0 Å². The molecule has 1 saturated heterocycles. The second kappa shape index (κ2) is 10.2. The molecule has 0 saturated carbocycles. The van der Waals surface area contributed by atoms with Gasteiger partial charge in [0.05, 0.1) is 4.90 Å². The molecule has 0 aliphatic carbocycles. The van der Waals surface area contributed by atoms with E-state index in [0.717, 1.165) is 23.6 Å². The molecule has 184 valence electrons. The molecular formula is C24H31N3O6S. The zero-order valence-electron chi connectivity index (χ0n) is 19.7. The molecule has 9 nitrogen and oxygen atoms in total. The van der Waals surface area contributed by atoms with Gasteiger partial charge in [0.1, 0.15) is 5.75 Å². The number of carbonyl (C=O) groups is 1. The molecular weight excluding hydrogens is 458 g/mol. The molecule has 0 spiro atoms. The van der Waals surface area contributed by atoms with E-state index in [-0.39, 0.29) is 23.6 Å². The average Bonchev–Trinajstić information content (AvgIpc) is 3.27. The summed E-state index contributed by atoms with van der Waals surface area (Å²) in [7, 11) is -3.61. The van der Waals surface area contributed by atoms with Gasteiger partial charge in [0.2, 0.25) is 16.8 Å². The van der Waals surface area contributed by atoms with Gasteiger partial charge in [0.25, 0.3) is 5.91 Å². The van der Waals surface area contributed by atoms with Gasteiger partial charge in [-0.1, -0.05) is 6.07 Å². The van der Waals surface area contributed by atoms with E-state index >= 15 is 0 Å². The highest BCUT2D eigenvalue weighted by molar-refractivity contribution is 7.89. The van der Waals surface area contributed by atoms with Crippen LogP contribution in [0.4, 0.5) is 0 Å². The SMILES string of the molecule is CC(C)NC(=O)[C@@H](C)Oc1ccc(S(=O)(=O)N2CCN(Cc3ccc4c(c3)OCO4)CC2)cc1. The van der Waals surface area contributed by atoms with Crippen molar-refractivity contribution in [3.8, 4) is 17.2 Å². The topological polar surface area (TPSA) is 97.4 Å². The van der Waals surface area contributed by atoms with Crippen LogP contribution in [0.3, 0.4) is 0 Å². The number of benzene rings is 2. The van der Waals surface area contributed by atoms with Crippen molar-refractivity contribution >= 4 is 15.9 Å². The quantitative estimate of drug-likeness (QED) is 0.607. The van der Waals surface area contributed by atoms with Crippen molar-refractivity contribution in [2.24, 2.45) is 0 Å². The van der Waals surface area contributed by atoms with E-state index in [1.54, 1.807) is 19.1 Å². The molecule has 1 N–H and O–H groups in total. The van der Waals surface area contributed by atoms with Gasteiger partial charge in [-0.25, -0.2) is 8.42 Å². The van der Waals surface area contributed by atoms with Gasteiger partial charge < -0.3 is 19.5 Å². The van der Waals surface area contributed by atoms with Crippen molar-refractivity contribution in [1.82, 2.24) is 14.5 Å². The Hall–Kier alpha value is -2.82. The molecule has 0 bridgehead atoms. The minimum absolute atomic E-state index is 0.0172. The molecule has 2 aliphatic heterocycles. The Kier molecular flexibility index (Phi) is 7.30. The Bertz CT molecular complexity index is 1110. The summed E-state index contributed by atoms with van der Waals surface area (Å²) < 4.78 is 44.2. The van der Waals surface area contributed by atoms with Crippen molar-refractivity contribution < 1.29 is 27.4 Å². The van der Waals surface area contributed by atoms with Gasteiger partial charge in [-0.2, -0.15) is 4.31 Å². The standard InChI is InChI=1S/C24H31N3O6S/c1-17(2)25-24(28)18(3)33-20-5-7-21(8-6-20)34(29,30)27-12-10-26(11-13-27)15-19-4-9-22-23(14-19)32-16-31-22/h4-9,14,17-18H,10-13,15-16H2,1-3H3,(H,25,28)/t18-/m1/s1. The number of ether oxygens (including phenoxy) is 3. The maximum absolute atomic E-state index is 13.1. The van der Waals surface area contributed by atoms with Crippen LogP contribution in [0.15, 0.2) is 47.4 Å². The second-order valence-electron chi connectivity index (χ2n) is 8.76. The fraction of sp³-hybridized carbons (Fsp3) is 0.458. The van der Waals surface area contributed by atoms with Crippen LogP contribution in [0.5, 0.6) is 17.2 Å². The number of hydrogen-bond donors (Lipinski definition) is 1. The summed E-state index contributed by atoms with van der Waals surface area (Å²) in [5.41, 5.74) is 1.10. The smallest absolute Gasteiger partial charge is 0.260 e. The van der Waals surface area contributed by atoms with Gasteiger partial charge in [-0.05, 0) is 62.7 Å². The molecule has 0 aromatic heterocycles. The number of piperazine rings is 1. The lowest BCUT2D eigenvalue weighted by Gasteiger charge is -2.34. The normalized spacial score (nSPS) is 17.5. The van der Waals surface area contributed by atoms with Crippen LogP contribution in [-0.4, -0.2) is 68.6 Å². The number of sulfonamides is 1. The summed E-state index contributed by atoms with van der Waals surface area (Å²) in [4.78, 5) is 14.5. The van der Waals surface area contributed by atoms with Crippen LogP contribution in [-0.2, 0) is 21.4 Å². The number of carbonyl (C=O) groups excluding carboxylic acids is 1. The summed E-state index contributed by atoms with van der Waals surface area (Å²) in [6, 6.07) is 12.1. The summed E-state index contributed by atoms with van der Waals surface area (Å²) in [6.45, 7) is 8.48. The van der Waals surface area contributed by atoms with E-state index in [4.69, 9.17) is 14.2 Å². The number of nitrogens with one attached hydrogen (secondary N) is 1. The lowest BCUT2D eigenvalue weighted by molar-refractivity contribution is -0.127. The van der Waals surface area contributed by atoms with Crippen molar-refractivity contribution in [3.05, 3.63) is 48.0 Å². The van der Waals surface area contributed by atoms with Gasteiger partial charge >= 0.3 is 0 Å². The molecule has 34 heavy (non-hydrogen) atoms. The van der Waals surface area contributed by atoms with Gasteiger partial charge in [0.15, 0.2) is 17.6 Å². The highest BCUT2D eigenvalue weighted by Crippen LogP contribution is 2.33. The molecule has 0 radical (unpaired) electrons. The third-order valence-corrected chi connectivity index (χ3v) is 7.66. The second-order valence-corrected chi connectivity index (χ2v) is 10.7. The Morgan fingerprint density at radius 2 is 1.68 bits per heavy atom. The number of nitrogens with zero attached hydrogens (tertiary/aromatic N) is 2. The van der Waals surface area contributed by atoms with Crippen molar-refractivity contribution in [2.75, 3.05) is 33.0 Å². The summed E-state index contributed by atoms with van der Waals surface area (Å²) in [5.74, 6) is 1.73. The summed E-state index contributed by atoms with van der Waals surface area (Å²) >= 11 is 0. The monoisotopic (exact) mass is 489 g/mol. The van der Waals surface area contributed by atoms with E-state index in [2.05, 4.69) is 10.2 Å². The predicted molar refractivity (Wildman–Crippen MR) is 126 cm³/mol. The van der Waals surface area contributed by atoms with E-state index in [1.807, 2.05) is 32.0 Å². The zero-order valence-corrected chi connectivity index (χ0v) is 20.5. The average molecular weight is 490 g/mol. The third kappa shape index (κ3) is 5.63. The van der Waals surface area contributed by atoms with Crippen LogP contribution < -0.4 is 19.5 Å². The number of amides is 1. The van der Waals surface area contributed by atoms with Crippen LogP contribution in [0, 0.1) is 0 Å². The lowest BCUT2D eigenvalue weighted by atomic mass is 10.2. The molecule has 1 fully saturated rings. The van der Waals surface area contributed by atoms with Crippen LogP contribution >= 0.6 is 0 Å². The van der Waals surface area contributed by atoms with E-state index in [1.165, 1.54) is 16.4 Å². The molecule has 2 aliphatic rings. The Morgan fingerprint density at radius 1 is 1.00 bits per heavy atom. The van der Waals surface area contributed by atoms with Gasteiger partial charge in [-0.3, -0.25) is 9.69 Å². The van der Waals surface area contributed by atoms with Crippen LogP contribution in [0.2, 0.25) is 0 Å². The Morgan fingerprint density at radius 3 is 2.35 bits per heavy atom. The summed E-state index contributed by atoms with van der Waals surface area (Å²) in [5, 5.41) is 2.79. The number of fused-ring (bicyclic) bond motifs is 1. The Balaban J connectivity index is 1.31. The molecule has 2 aromatic rings. The first-order valence-electron chi connectivity index (χ1n) is 11.4. The van der Waals surface area contributed by atoms with Crippen molar-refractivity contribution in [3.63, 3.8) is 0 Å². The molecule has 0 unspecified atom stereocenters. The highest BCUT2D eigenvalue weighted by Gasteiger charge is 2.29. The first-order chi connectivity index (χ1) is 16.2. The van der Waals surface area contributed by atoms with Crippen LogP contribution in [0.1, 0.15) is 26.3 Å². The molecule has 4 rings (SSSR count). The minimum Gasteiger partial charge on any atom is -0.481 e. The maximum Gasteiger partial charge on any atom is 0.260 e. The van der Waals surface area contributed by atoms with E-state index in [9.17, 15) is 13.2 Å². The number of hydrogen-bond acceptors (Lipinski definition) is 7. The minimum atomic E-state index is -3.61.